The van der Waals surface area contributed by atoms with E-state index in [-0.39, 0.29) is 5.97 Å². The van der Waals surface area contributed by atoms with Gasteiger partial charge in [0.15, 0.2) is 0 Å². The lowest BCUT2D eigenvalue weighted by molar-refractivity contribution is -0.145. The van der Waals surface area contributed by atoms with Crippen LogP contribution in [-0.4, -0.2) is 25.7 Å². The normalized spacial score (nSPS) is 13.2. The molecule has 0 amide bonds. The molecule has 0 saturated carbocycles. The van der Waals surface area contributed by atoms with Crippen molar-refractivity contribution in [3.8, 4) is 5.75 Å². The maximum atomic E-state index is 12.1. The molecule has 0 unspecified atom stereocenters. The zero-order chi connectivity index (χ0) is 15.0. The van der Waals surface area contributed by atoms with Crippen LogP contribution in [0.3, 0.4) is 0 Å². The van der Waals surface area contributed by atoms with Gasteiger partial charge in [-0.05, 0) is 38.3 Å². The van der Waals surface area contributed by atoms with Gasteiger partial charge in [-0.15, -0.1) is 6.58 Å². The maximum absolute atomic E-state index is 12.1. The number of unbranched alkanes of at least 4 members (excludes halogenated alkanes) is 1. The van der Waals surface area contributed by atoms with Crippen molar-refractivity contribution in [1.82, 2.24) is 0 Å². The van der Waals surface area contributed by atoms with E-state index < -0.39 is 5.54 Å². The Hall–Kier alpha value is -1.97. The summed E-state index contributed by atoms with van der Waals surface area (Å²) < 4.78 is 10.2. The summed E-state index contributed by atoms with van der Waals surface area (Å²) >= 11 is 0. The fraction of sp³-hybridized carbons (Fsp3) is 0.438. The Morgan fingerprint density at radius 2 is 2.10 bits per heavy atom. The molecule has 0 bridgehead atoms. The number of methoxy groups -OCH3 is 2. The van der Waals surface area contributed by atoms with E-state index >= 15 is 0 Å². The molecule has 0 saturated heterocycles. The number of anilines is 1. The summed E-state index contributed by atoms with van der Waals surface area (Å²) in [4.78, 5) is 12.1. The Morgan fingerprint density at radius 3 is 2.70 bits per heavy atom. The Kier molecular flexibility index (Phi) is 6.10. The molecular weight excluding hydrogens is 254 g/mol. The first-order valence-electron chi connectivity index (χ1n) is 6.68. The summed E-state index contributed by atoms with van der Waals surface area (Å²) in [6.07, 6.45) is 4.22. The molecule has 4 heteroatoms. The predicted octanol–water partition coefficient (Wildman–Crippen LogP) is 3.40. The summed E-state index contributed by atoms with van der Waals surface area (Å²) in [5.74, 6) is 0.416. The summed E-state index contributed by atoms with van der Waals surface area (Å²) in [5, 5.41) is 3.25. The second-order valence-electron chi connectivity index (χ2n) is 4.83. The summed E-state index contributed by atoms with van der Waals surface area (Å²) in [6, 6.07) is 7.51. The quantitative estimate of drug-likeness (QED) is 0.449. The number of benzene rings is 1. The van der Waals surface area contributed by atoms with Gasteiger partial charge in [-0.2, -0.15) is 0 Å². The molecule has 1 rings (SSSR count). The summed E-state index contributed by atoms with van der Waals surface area (Å²) in [6.45, 7) is 5.54. The van der Waals surface area contributed by atoms with Gasteiger partial charge >= 0.3 is 5.97 Å². The lowest BCUT2D eigenvalue weighted by Crippen LogP contribution is -2.44. The van der Waals surface area contributed by atoms with Crippen LogP contribution in [0.1, 0.15) is 26.2 Å². The minimum atomic E-state index is -0.785. The molecule has 110 valence electrons. The van der Waals surface area contributed by atoms with Gasteiger partial charge in [0.1, 0.15) is 11.3 Å². The van der Waals surface area contributed by atoms with Crippen molar-refractivity contribution in [2.45, 2.75) is 31.7 Å². The van der Waals surface area contributed by atoms with Crippen molar-refractivity contribution in [2.24, 2.45) is 0 Å². The number of hydrogen-bond acceptors (Lipinski definition) is 4. The van der Waals surface area contributed by atoms with E-state index in [0.717, 1.165) is 18.5 Å². The number of para-hydroxylation sites is 2. The van der Waals surface area contributed by atoms with Crippen molar-refractivity contribution in [1.29, 1.82) is 0 Å². The molecule has 4 nitrogen and oxygen atoms in total. The van der Waals surface area contributed by atoms with Crippen LogP contribution in [-0.2, 0) is 9.53 Å². The van der Waals surface area contributed by atoms with Crippen LogP contribution >= 0.6 is 0 Å². The van der Waals surface area contributed by atoms with Crippen LogP contribution in [0.15, 0.2) is 36.9 Å². The van der Waals surface area contributed by atoms with Gasteiger partial charge in [0.05, 0.1) is 19.9 Å². The number of esters is 1. The van der Waals surface area contributed by atoms with E-state index in [4.69, 9.17) is 9.47 Å². The van der Waals surface area contributed by atoms with Crippen molar-refractivity contribution in [3.63, 3.8) is 0 Å². The third-order valence-electron chi connectivity index (χ3n) is 3.24. The van der Waals surface area contributed by atoms with Crippen LogP contribution in [0.2, 0.25) is 0 Å². The standard InChI is InChI=1S/C16H23NO3/c1-5-6-9-12-16(2,15(18)20-4)17-13-10-7-8-11-14(13)19-3/h5,7-8,10-11,17H,1,6,9,12H2,2-4H3/t16-/m1/s1. The molecule has 0 aliphatic carbocycles. The highest BCUT2D eigenvalue weighted by molar-refractivity contribution is 5.84. The number of carbonyl (C=O) groups excluding carboxylic acids is 1. The van der Waals surface area contributed by atoms with Crippen LogP contribution in [0.25, 0.3) is 0 Å². The zero-order valence-electron chi connectivity index (χ0n) is 12.4. The van der Waals surface area contributed by atoms with Gasteiger partial charge in [0.25, 0.3) is 0 Å². The highest BCUT2D eigenvalue weighted by Crippen LogP contribution is 2.29. The molecule has 0 aliphatic heterocycles. The fourth-order valence-corrected chi connectivity index (χ4v) is 2.09. The smallest absolute Gasteiger partial charge is 0.331 e. The Bertz CT molecular complexity index is 459. The number of ether oxygens (including phenoxy) is 2. The first kappa shape index (κ1) is 16.1. The Balaban J connectivity index is 2.93. The summed E-state index contributed by atoms with van der Waals surface area (Å²) in [5.41, 5.74) is -0.00615. The van der Waals surface area contributed by atoms with Crippen LogP contribution in [0, 0.1) is 0 Å². The third kappa shape index (κ3) is 4.02. The Labute approximate surface area is 120 Å². The number of carbonyl (C=O) groups is 1. The molecule has 0 heterocycles. The molecule has 1 atom stereocenters. The van der Waals surface area contributed by atoms with Crippen LogP contribution in [0.4, 0.5) is 5.69 Å². The van der Waals surface area contributed by atoms with Gasteiger partial charge in [-0.25, -0.2) is 4.79 Å². The highest BCUT2D eigenvalue weighted by Gasteiger charge is 2.34. The minimum Gasteiger partial charge on any atom is -0.495 e. The fourth-order valence-electron chi connectivity index (χ4n) is 2.09. The highest BCUT2D eigenvalue weighted by atomic mass is 16.5. The predicted molar refractivity (Wildman–Crippen MR) is 81.1 cm³/mol. The topological polar surface area (TPSA) is 47.6 Å². The van der Waals surface area contributed by atoms with Crippen molar-refractivity contribution in [2.75, 3.05) is 19.5 Å². The van der Waals surface area contributed by atoms with E-state index in [0.29, 0.717) is 12.2 Å². The van der Waals surface area contributed by atoms with E-state index in [1.807, 2.05) is 37.3 Å². The van der Waals surface area contributed by atoms with E-state index in [2.05, 4.69) is 11.9 Å². The number of nitrogens with one attached hydrogen (secondary N) is 1. The monoisotopic (exact) mass is 277 g/mol. The molecular formula is C16H23NO3. The molecule has 1 aromatic rings. The van der Waals surface area contributed by atoms with E-state index in [1.165, 1.54) is 7.11 Å². The third-order valence-corrected chi connectivity index (χ3v) is 3.24. The lowest BCUT2D eigenvalue weighted by atomic mass is 9.94. The second-order valence-corrected chi connectivity index (χ2v) is 4.83. The lowest BCUT2D eigenvalue weighted by Gasteiger charge is -2.29. The molecule has 1 aromatic carbocycles. The van der Waals surface area contributed by atoms with E-state index in [9.17, 15) is 4.79 Å². The van der Waals surface area contributed by atoms with Crippen molar-refractivity contribution >= 4 is 11.7 Å². The molecule has 0 radical (unpaired) electrons. The van der Waals surface area contributed by atoms with Gasteiger partial charge in [0, 0.05) is 0 Å². The molecule has 0 aliphatic rings. The van der Waals surface area contributed by atoms with Crippen LogP contribution in [0.5, 0.6) is 5.75 Å². The number of hydrogen-bond donors (Lipinski definition) is 1. The minimum absolute atomic E-state index is 0.285. The molecule has 0 fully saturated rings. The van der Waals surface area contributed by atoms with Gasteiger partial charge in [-0.3, -0.25) is 0 Å². The van der Waals surface area contributed by atoms with Crippen molar-refractivity contribution < 1.29 is 14.3 Å². The molecule has 1 N–H and O–H groups in total. The first-order chi connectivity index (χ1) is 9.57. The first-order valence-corrected chi connectivity index (χ1v) is 6.68. The zero-order valence-corrected chi connectivity index (χ0v) is 12.4. The summed E-state index contributed by atoms with van der Waals surface area (Å²) in [7, 11) is 3.01. The average Bonchev–Trinajstić information content (AvgIpc) is 2.47. The maximum Gasteiger partial charge on any atom is 0.331 e. The van der Waals surface area contributed by atoms with Crippen LogP contribution < -0.4 is 10.1 Å². The van der Waals surface area contributed by atoms with Gasteiger partial charge in [0.2, 0.25) is 0 Å². The number of allylic oxidation sites excluding steroid dienone is 1. The Morgan fingerprint density at radius 1 is 1.40 bits per heavy atom. The number of rotatable bonds is 8. The molecule has 0 spiro atoms. The second kappa shape index (κ2) is 7.58. The van der Waals surface area contributed by atoms with Crippen molar-refractivity contribution in [3.05, 3.63) is 36.9 Å². The van der Waals surface area contributed by atoms with Gasteiger partial charge in [-0.1, -0.05) is 18.2 Å². The van der Waals surface area contributed by atoms with E-state index in [1.54, 1.807) is 7.11 Å². The molecule has 20 heavy (non-hydrogen) atoms. The molecule has 0 aromatic heterocycles. The SMILES string of the molecule is C=CCCC[C@@](C)(Nc1ccccc1OC)C(=O)OC. The average molecular weight is 277 g/mol. The largest absolute Gasteiger partial charge is 0.495 e. The van der Waals surface area contributed by atoms with Gasteiger partial charge < -0.3 is 14.8 Å².